The van der Waals surface area contributed by atoms with Crippen LogP contribution in [0, 0.1) is 0 Å². The molecule has 4 heteroatoms. The smallest absolute Gasteiger partial charge is 0.353 e. The van der Waals surface area contributed by atoms with E-state index in [1.807, 2.05) is 0 Å². The molecule has 0 aliphatic carbocycles. The fourth-order valence-electron chi connectivity index (χ4n) is 0.489. The van der Waals surface area contributed by atoms with E-state index in [-0.39, 0.29) is 0 Å². The first-order chi connectivity index (χ1) is 4.57. The van der Waals surface area contributed by atoms with Gasteiger partial charge in [-0.1, -0.05) is 0 Å². The van der Waals surface area contributed by atoms with Crippen LogP contribution in [0.25, 0.3) is 0 Å². The molecule has 0 aliphatic rings. The number of nitrogens with zero attached hydrogens (tertiary/aromatic N) is 2. The molecule has 0 bridgehead atoms. The summed E-state index contributed by atoms with van der Waals surface area (Å²) in [6.45, 7) is 1.60. The molecule has 0 N–H and O–H groups in total. The molecule has 0 radical (unpaired) electrons. The van der Waals surface area contributed by atoms with Crippen LogP contribution in [-0.2, 0) is 9.53 Å². The highest BCUT2D eigenvalue weighted by atomic mass is 16.5. The van der Waals surface area contributed by atoms with E-state index < -0.39 is 5.97 Å². The molecule has 0 rings (SSSR count). The summed E-state index contributed by atoms with van der Waals surface area (Å²) < 4.78 is 4.42. The standard InChI is InChI=1S/C6H12N2O2/c1-5(6(9)10-4)7-8(2)3/h1-4H3/b7-5-. The van der Waals surface area contributed by atoms with Crippen LogP contribution in [0.5, 0.6) is 0 Å². The Morgan fingerprint density at radius 3 is 2.30 bits per heavy atom. The summed E-state index contributed by atoms with van der Waals surface area (Å²) in [7, 11) is 4.82. The largest absolute Gasteiger partial charge is 0.464 e. The van der Waals surface area contributed by atoms with E-state index in [2.05, 4.69) is 9.84 Å². The van der Waals surface area contributed by atoms with Crippen LogP contribution in [0.1, 0.15) is 6.92 Å². The lowest BCUT2D eigenvalue weighted by Crippen LogP contribution is -2.16. The normalized spacial score (nSPS) is 11.0. The minimum Gasteiger partial charge on any atom is -0.464 e. The number of hydrazone groups is 1. The van der Waals surface area contributed by atoms with Gasteiger partial charge in [-0.15, -0.1) is 0 Å². The molecule has 0 amide bonds. The van der Waals surface area contributed by atoms with E-state index >= 15 is 0 Å². The number of carbonyl (C=O) groups is 1. The topological polar surface area (TPSA) is 41.9 Å². The molecule has 0 heterocycles. The summed E-state index contributed by atoms with van der Waals surface area (Å²) in [6, 6.07) is 0. The highest BCUT2D eigenvalue weighted by Gasteiger charge is 2.03. The predicted octanol–water partition coefficient (Wildman–Crippen LogP) is 0.0969. The predicted molar refractivity (Wildman–Crippen MR) is 38.8 cm³/mol. The van der Waals surface area contributed by atoms with Gasteiger partial charge in [0, 0.05) is 14.1 Å². The van der Waals surface area contributed by atoms with Crippen molar-refractivity contribution in [1.29, 1.82) is 0 Å². The van der Waals surface area contributed by atoms with E-state index in [4.69, 9.17) is 0 Å². The molecule has 0 aromatic rings. The van der Waals surface area contributed by atoms with Gasteiger partial charge in [-0.05, 0) is 6.92 Å². The Balaban J connectivity index is 4.05. The Morgan fingerprint density at radius 2 is 2.00 bits per heavy atom. The van der Waals surface area contributed by atoms with Gasteiger partial charge in [0.1, 0.15) is 5.71 Å². The van der Waals surface area contributed by atoms with Crippen molar-refractivity contribution in [3.63, 3.8) is 0 Å². The van der Waals surface area contributed by atoms with Gasteiger partial charge >= 0.3 is 5.97 Å². The number of hydrogen-bond donors (Lipinski definition) is 0. The van der Waals surface area contributed by atoms with Gasteiger partial charge in [0.25, 0.3) is 0 Å². The van der Waals surface area contributed by atoms with E-state index in [1.54, 1.807) is 26.0 Å². The maximum absolute atomic E-state index is 10.7. The molecular weight excluding hydrogens is 132 g/mol. The summed E-state index contributed by atoms with van der Waals surface area (Å²) in [5, 5.41) is 5.37. The molecule has 0 aliphatic heterocycles. The van der Waals surface area contributed by atoms with Crippen molar-refractivity contribution in [2.75, 3.05) is 21.2 Å². The molecule has 58 valence electrons. The van der Waals surface area contributed by atoms with Gasteiger partial charge < -0.3 is 9.75 Å². The third kappa shape index (κ3) is 3.06. The quantitative estimate of drug-likeness (QED) is 0.313. The summed E-state index contributed by atoms with van der Waals surface area (Å²) >= 11 is 0. The second-order valence-electron chi connectivity index (χ2n) is 2.02. The fourth-order valence-corrected chi connectivity index (χ4v) is 0.489. The number of hydrogen-bond acceptors (Lipinski definition) is 4. The lowest BCUT2D eigenvalue weighted by Gasteiger charge is -2.04. The maximum Gasteiger partial charge on any atom is 0.353 e. The van der Waals surface area contributed by atoms with Gasteiger partial charge in [-0.2, -0.15) is 5.10 Å². The summed E-state index contributed by atoms with van der Waals surface area (Å²) in [4.78, 5) is 10.7. The van der Waals surface area contributed by atoms with Crippen LogP contribution in [0.15, 0.2) is 5.10 Å². The molecule has 4 nitrogen and oxygen atoms in total. The molecule has 0 unspecified atom stereocenters. The third-order valence-electron chi connectivity index (χ3n) is 0.831. The number of carbonyl (C=O) groups excluding carboxylic acids is 1. The van der Waals surface area contributed by atoms with E-state index in [1.165, 1.54) is 7.11 Å². The van der Waals surface area contributed by atoms with Gasteiger partial charge in [-0.3, -0.25) is 0 Å². The monoisotopic (exact) mass is 144 g/mol. The average Bonchev–Trinajstić information content (AvgIpc) is 1.85. The highest BCUT2D eigenvalue weighted by Crippen LogP contribution is 1.83. The first kappa shape index (κ1) is 8.94. The van der Waals surface area contributed by atoms with Gasteiger partial charge in [0.2, 0.25) is 0 Å². The summed E-state index contributed by atoms with van der Waals surface area (Å²) in [5.41, 5.74) is 0.354. The number of rotatable bonds is 2. The molecule has 0 spiro atoms. The fraction of sp³-hybridized carbons (Fsp3) is 0.667. The Hall–Kier alpha value is -1.06. The molecule has 0 saturated heterocycles. The van der Waals surface area contributed by atoms with Crippen molar-refractivity contribution in [2.45, 2.75) is 6.92 Å². The van der Waals surface area contributed by atoms with Crippen molar-refractivity contribution in [3.8, 4) is 0 Å². The first-order valence-electron chi connectivity index (χ1n) is 2.88. The van der Waals surface area contributed by atoms with Crippen LogP contribution < -0.4 is 0 Å². The molecule has 0 aromatic heterocycles. The molecule has 0 aromatic carbocycles. The number of esters is 1. The number of methoxy groups -OCH3 is 1. The third-order valence-corrected chi connectivity index (χ3v) is 0.831. The highest BCUT2D eigenvalue weighted by molar-refractivity contribution is 6.35. The summed E-state index contributed by atoms with van der Waals surface area (Å²) in [6.07, 6.45) is 0. The van der Waals surface area contributed by atoms with Gasteiger partial charge in [-0.25, -0.2) is 4.79 Å². The van der Waals surface area contributed by atoms with Crippen LogP contribution in [0.3, 0.4) is 0 Å². The SMILES string of the molecule is COC(=O)/C(C)=N\N(C)C. The average molecular weight is 144 g/mol. The lowest BCUT2D eigenvalue weighted by atomic mass is 10.4. The van der Waals surface area contributed by atoms with Crippen molar-refractivity contribution in [1.82, 2.24) is 5.01 Å². The second kappa shape index (κ2) is 3.87. The van der Waals surface area contributed by atoms with Gasteiger partial charge in [0.15, 0.2) is 0 Å². The molecule has 0 atom stereocenters. The minimum atomic E-state index is -0.395. The zero-order valence-corrected chi connectivity index (χ0v) is 6.71. The first-order valence-corrected chi connectivity index (χ1v) is 2.88. The molecule has 0 saturated carbocycles. The van der Waals surface area contributed by atoms with E-state index in [0.29, 0.717) is 5.71 Å². The molecule has 0 fully saturated rings. The van der Waals surface area contributed by atoms with Crippen molar-refractivity contribution in [2.24, 2.45) is 5.10 Å². The van der Waals surface area contributed by atoms with E-state index in [9.17, 15) is 4.79 Å². The van der Waals surface area contributed by atoms with Crippen LogP contribution in [0.4, 0.5) is 0 Å². The summed E-state index contributed by atoms with van der Waals surface area (Å²) in [5.74, 6) is -0.395. The van der Waals surface area contributed by atoms with Crippen molar-refractivity contribution < 1.29 is 9.53 Å². The van der Waals surface area contributed by atoms with E-state index in [0.717, 1.165) is 0 Å². The molecular formula is C6H12N2O2. The Labute approximate surface area is 60.5 Å². The maximum atomic E-state index is 10.7. The lowest BCUT2D eigenvalue weighted by molar-refractivity contribution is -0.132. The minimum absolute atomic E-state index is 0.354. The zero-order valence-electron chi connectivity index (χ0n) is 6.71. The van der Waals surface area contributed by atoms with Crippen molar-refractivity contribution in [3.05, 3.63) is 0 Å². The Morgan fingerprint density at radius 1 is 1.50 bits per heavy atom. The Bertz CT molecular complexity index is 152. The molecule has 10 heavy (non-hydrogen) atoms. The zero-order chi connectivity index (χ0) is 8.15. The van der Waals surface area contributed by atoms with Crippen LogP contribution in [0.2, 0.25) is 0 Å². The Kier molecular flexibility index (Phi) is 3.46. The van der Waals surface area contributed by atoms with Gasteiger partial charge in [0.05, 0.1) is 7.11 Å². The number of ether oxygens (including phenoxy) is 1. The van der Waals surface area contributed by atoms with Crippen LogP contribution in [-0.4, -0.2) is 37.9 Å². The van der Waals surface area contributed by atoms with Crippen LogP contribution >= 0.6 is 0 Å². The second-order valence-corrected chi connectivity index (χ2v) is 2.02. The van der Waals surface area contributed by atoms with Crippen molar-refractivity contribution >= 4 is 11.7 Å².